The van der Waals surface area contributed by atoms with Crippen LogP contribution in [0.1, 0.15) is 5.69 Å². The molecule has 2 unspecified atom stereocenters. The molecular formula is C14H15F3N4. The quantitative estimate of drug-likeness (QED) is 0.843. The van der Waals surface area contributed by atoms with E-state index in [-0.39, 0.29) is 12.1 Å². The Bertz CT molecular complexity index is 561. The van der Waals surface area contributed by atoms with Crippen molar-refractivity contribution in [1.82, 2.24) is 10.3 Å². The van der Waals surface area contributed by atoms with Crippen LogP contribution in [0.4, 0.5) is 18.9 Å². The molecule has 0 aromatic carbocycles. The summed E-state index contributed by atoms with van der Waals surface area (Å²) in [7, 11) is 1.78. The highest BCUT2D eigenvalue weighted by Crippen LogP contribution is 2.27. The number of hydrogen-bond donors (Lipinski definition) is 2. The van der Waals surface area contributed by atoms with Crippen LogP contribution in [0.3, 0.4) is 0 Å². The van der Waals surface area contributed by atoms with Crippen molar-refractivity contribution in [2.45, 2.75) is 12.3 Å². The lowest BCUT2D eigenvalue weighted by molar-refractivity contribution is -0.141. The van der Waals surface area contributed by atoms with Gasteiger partial charge in [-0.1, -0.05) is 12.2 Å². The van der Waals surface area contributed by atoms with Gasteiger partial charge < -0.3 is 5.32 Å². The molecule has 21 heavy (non-hydrogen) atoms. The number of pyridine rings is 1. The van der Waals surface area contributed by atoms with Gasteiger partial charge in [-0.2, -0.15) is 13.2 Å². The molecule has 0 amide bonds. The second-order valence-corrected chi connectivity index (χ2v) is 4.47. The van der Waals surface area contributed by atoms with Gasteiger partial charge in [0.05, 0.1) is 11.9 Å². The molecule has 2 N–H and O–H groups in total. The second-order valence-electron chi connectivity index (χ2n) is 4.47. The Hall–Kier alpha value is -2.15. The molecule has 2 atom stereocenters. The summed E-state index contributed by atoms with van der Waals surface area (Å²) in [6.45, 7) is 3.73. The van der Waals surface area contributed by atoms with E-state index >= 15 is 0 Å². The third kappa shape index (κ3) is 3.69. The molecule has 0 spiro atoms. The van der Waals surface area contributed by atoms with Crippen molar-refractivity contribution in [3.05, 3.63) is 48.8 Å². The first-order valence-corrected chi connectivity index (χ1v) is 6.30. The van der Waals surface area contributed by atoms with Crippen molar-refractivity contribution >= 4 is 11.5 Å². The predicted molar refractivity (Wildman–Crippen MR) is 76.0 cm³/mol. The van der Waals surface area contributed by atoms with Gasteiger partial charge in [0.15, 0.2) is 0 Å². The zero-order valence-corrected chi connectivity index (χ0v) is 11.4. The van der Waals surface area contributed by atoms with Gasteiger partial charge in [0.1, 0.15) is 17.7 Å². The number of hydrogen-bond acceptors (Lipinski definition) is 4. The lowest BCUT2D eigenvalue weighted by atomic mass is 10.0. The minimum absolute atomic E-state index is 0.0753. The predicted octanol–water partition coefficient (Wildman–Crippen LogP) is 2.83. The minimum atomic E-state index is -4.44. The van der Waals surface area contributed by atoms with Crippen LogP contribution in [0.5, 0.6) is 0 Å². The zero-order valence-electron chi connectivity index (χ0n) is 11.4. The van der Waals surface area contributed by atoms with E-state index in [1.165, 1.54) is 6.07 Å². The zero-order chi connectivity index (χ0) is 15.5. The third-order valence-corrected chi connectivity index (χ3v) is 3.01. The fourth-order valence-electron chi connectivity index (χ4n) is 1.91. The first-order chi connectivity index (χ1) is 9.94. The minimum Gasteiger partial charge on any atom is -0.339 e. The second kappa shape index (κ2) is 6.09. The van der Waals surface area contributed by atoms with Crippen molar-refractivity contribution in [1.29, 1.82) is 0 Å². The lowest BCUT2D eigenvalue weighted by Crippen LogP contribution is -2.34. The highest BCUT2D eigenvalue weighted by Gasteiger charge is 2.32. The van der Waals surface area contributed by atoms with E-state index in [2.05, 4.69) is 27.2 Å². The normalized spacial score (nSPS) is 21.8. The maximum atomic E-state index is 12.4. The van der Waals surface area contributed by atoms with Crippen molar-refractivity contribution < 1.29 is 13.2 Å². The van der Waals surface area contributed by atoms with Crippen molar-refractivity contribution in [3.63, 3.8) is 0 Å². The van der Waals surface area contributed by atoms with Crippen LogP contribution < -0.4 is 10.6 Å². The molecule has 4 nitrogen and oxygen atoms in total. The number of aromatic nitrogens is 1. The Morgan fingerprint density at radius 1 is 1.33 bits per heavy atom. The summed E-state index contributed by atoms with van der Waals surface area (Å²) in [6.07, 6.45) is 2.00. The first-order valence-electron chi connectivity index (χ1n) is 6.30. The molecule has 0 radical (unpaired) electrons. The molecule has 1 aliphatic heterocycles. The SMILES string of the molecule is C=CC1C=CC(Nc2ccc(C(F)(F)F)nc2)=NC1NC. The van der Waals surface area contributed by atoms with Crippen LogP contribution >= 0.6 is 0 Å². The van der Waals surface area contributed by atoms with Crippen LogP contribution in [0.2, 0.25) is 0 Å². The Balaban J connectivity index is 2.10. The van der Waals surface area contributed by atoms with Gasteiger partial charge in [-0.05, 0) is 25.3 Å². The maximum absolute atomic E-state index is 12.4. The molecule has 0 saturated carbocycles. The lowest BCUT2D eigenvalue weighted by Gasteiger charge is -2.22. The summed E-state index contributed by atoms with van der Waals surface area (Å²) in [5.74, 6) is 0.625. The van der Waals surface area contributed by atoms with Gasteiger partial charge in [-0.3, -0.25) is 5.32 Å². The van der Waals surface area contributed by atoms with Crippen LogP contribution in [0.15, 0.2) is 48.1 Å². The van der Waals surface area contributed by atoms with E-state index in [4.69, 9.17) is 0 Å². The Kier molecular flexibility index (Phi) is 4.42. The standard InChI is InChI=1S/C14H15F3N4/c1-3-9-4-7-12(21-13(9)18-2)20-10-5-6-11(19-8-10)14(15,16)17/h3-9,13,18H,1H2,2H3,(H,20,21). The van der Waals surface area contributed by atoms with E-state index < -0.39 is 11.9 Å². The molecule has 112 valence electrons. The first kappa shape index (κ1) is 15.2. The van der Waals surface area contributed by atoms with Crippen molar-refractivity contribution in [2.24, 2.45) is 10.9 Å². The van der Waals surface area contributed by atoms with Gasteiger partial charge in [-0.15, -0.1) is 6.58 Å². The van der Waals surface area contributed by atoms with Gasteiger partial charge in [0.25, 0.3) is 0 Å². The molecular weight excluding hydrogens is 281 g/mol. The smallest absolute Gasteiger partial charge is 0.339 e. The topological polar surface area (TPSA) is 49.3 Å². The summed E-state index contributed by atoms with van der Waals surface area (Å²) >= 11 is 0. The molecule has 0 aliphatic carbocycles. The van der Waals surface area contributed by atoms with E-state index in [1.807, 2.05) is 6.08 Å². The fraction of sp³-hybridized carbons (Fsp3) is 0.286. The summed E-state index contributed by atoms with van der Waals surface area (Å²) in [4.78, 5) is 7.79. The summed E-state index contributed by atoms with van der Waals surface area (Å²) < 4.78 is 37.3. The molecule has 0 bridgehead atoms. The number of dihydropyridines is 1. The highest BCUT2D eigenvalue weighted by molar-refractivity contribution is 6.04. The Morgan fingerprint density at radius 3 is 2.62 bits per heavy atom. The van der Waals surface area contributed by atoms with E-state index in [0.29, 0.717) is 11.5 Å². The molecule has 7 heteroatoms. The average molecular weight is 296 g/mol. The number of alkyl halides is 3. The Morgan fingerprint density at radius 2 is 2.10 bits per heavy atom. The van der Waals surface area contributed by atoms with E-state index in [0.717, 1.165) is 12.3 Å². The van der Waals surface area contributed by atoms with Crippen LogP contribution in [0, 0.1) is 5.92 Å². The molecule has 0 saturated heterocycles. The van der Waals surface area contributed by atoms with Gasteiger partial charge >= 0.3 is 6.18 Å². The Labute approximate surface area is 120 Å². The number of rotatable bonds is 3. The van der Waals surface area contributed by atoms with Gasteiger partial charge in [-0.25, -0.2) is 9.98 Å². The van der Waals surface area contributed by atoms with Crippen molar-refractivity contribution in [2.75, 3.05) is 12.4 Å². The number of nitrogens with one attached hydrogen (secondary N) is 2. The van der Waals surface area contributed by atoms with Gasteiger partial charge in [0.2, 0.25) is 0 Å². The maximum Gasteiger partial charge on any atom is 0.433 e. The summed E-state index contributed by atoms with van der Waals surface area (Å²) in [5.41, 5.74) is -0.479. The van der Waals surface area contributed by atoms with Crippen LogP contribution in [-0.2, 0) is 6.18 Å². The number of amidine groups is 1. The monoisotopic (exact) mass is 296 g/mol. The third-order valence-electron chi connectivity index (χ3n) is 3.01. The molecule has 2 heterocycles. The largest absolute Gasteiger partial charge is 0.433 e. The molecule has 1 aliphatic rings. The molecule has 1 aromatic heterocycles. The average Bonchev–Trinajstić information content (AvgIpc) is 2.46. The van der Waals surface area contributed by atoms with Crippen LogP contribution in [0.25, 0.3) is 0 Å². The van der Waals surface area contributed by atoms with Gasteiger partial charge in [0, 0.05) is 5.92 Å². The molecule has 0 fully saturated rings. The molecule has 1 aromatic rings. The van der Waals surface area contributed by atoms with Crippen LogP contribution in [-0.4, -0.2) is 24.0 Å². The number of nitrogens with zero attached hydrogens (tertiary/aromatic N) is 2. The van der Waals surface area contributed by atoms with E-state index in [9.17, 15) is 13.2 Å². The van der Waals surface area contributed by atoms with Crippen molar-refractivity contribution in [3.8, 4) is 0 Å². The summed E-state index contributed by atoms with van der Waals surface area (Å²) in [6, 6.07) is 2.25. The fourth-order valence-corrected chi connectivity index (χ4v) is 1.91. The summed E-state index contributed by atoms with van der Waals surface area (Å²) in [5, 5.41) is 5.96. The molecule has 2 rings (SSSR count). The number of halogens is 3. The number of aliphatic imine (C=N–C) groups is 1. The number of anilines is 1. The highest BCUT2D eigenvalue weighted by atomic mass is 19.4. The van der Waals surface area contributed by atoms with E-state index in [1.54, 1.807) is 19.2 Å².